The summed E-state index contributed by atoms with van der Waals surface area (Å²) in [5.41, 5.74) is 0. The molecule has 0 N–H and O–H groups in total. The standard InChI is InChI=1S/C14H20N2O5S/c17-14(15-6-2-1-3-7-15)12-4-5-13(21-12)22(18,19)16-8-10-20-11-9-16/h4-5H,1-3,6-11H2. The van der Waals surface area contributed by atoms with Crippen molar-refractivity contribution in [3.8, 4) is 0 Å². The number of sulfonamides is 1. The molecule has 2 saturated heterocycles. The molecule has 3 rings (SSSR count). The van der Waals surface area contributed by atoms with E-state index in [0.717, 1.165) is 19.3 Å². The molecular weight excluding hydrogens is 308 g/mol. The molecular formula is C14H20N2O5S. The monoisotopic (exact) mass is 328 g/mol. The van der Waals surface area contributed by atoms with Crippen molar-refractivity contribution >= 4 is 15.9 Å². The second kappa shape index (κ2) is 6.39. The number of carbonyl (C=O) groups is 1. The molecule has 2 fully saturated rings. The summed E-state index contributed by atoms with van der Waals surface area (Å²) >= 11 is 0. The van der Waals surface area contributed by atoms with E-state index in [4.69, 9.17) is 9.15 Å². The average Bonchev–Trinajstić information content (AvgIpc) is 3.06. The summed E-state index contributed by atoms with van der Waals surface area (Å²) in [7, 11) is -3.69. The Balaban J connectivity index is 1.76. The number of piperidine rings is 1. The number of furan rings is 1. The molecule has 0 bridgehead atoms. The number of carbonyl (C=O) groups excluding carboxylic acids is 1. The smallest absolute Gasteiger partial charge is 0.289 e. The predicted octanol–water partition coefficient (Wildman–Crippen LogP) is 0.927. The predicted molar refractivity (Wildman–Crippen MR) is 78.0 cm³/mol. The van der Waals surface area contributed by atoms with Crippen molar-refractivity contribution in [2.45, 2.75) is 24.4 Å². The summed E-state index contributed by atoms with van der Waals surface area (Å²) in [6, 6.07) is 2.81. The van der Waals surface area contributed by atoms with Gasteiger partial charge in [0.2, 0.25) is 5.09 Å². The van der Waals surface area contributed by atoms with E-state index in [9.17, 15) is 13.2 Å². The molecule has 2 aliphatic rings. The van der Waals surface area contributed by atoms with Crippen molar-refractivity contribution in [3.63, 3.8) is 0 Å². The summed E-state index contributed by atoms with van der Waals surface area (Å²) in [5.74, 6) is -0.142. The van der Waals surface area contributed by atoms with Gasteiger partial charge in [-0.25, -0.2) is 8.42 Å². The van der Waals surface area contributed by atoms with Crippen LogP contribution < -0.4 is 0 Å². The van der Waals surface area contributed by atoms with Crippen LogP contribution in [0.25, 0.3) is 0 Å². The Morgan fingerprint density at radius 3 is 2.36 bits per heavy atom. The molecule has 0 atom stereocenters. The number of nitrogens with zero attached hydrogens (tertiary/aromatic N) is 2. The summed E-state index contributed by atoms with van der Waals surface area (Å²) < 4.78 is 36.7. The lowest BCUT2D eigenvalue weighted by atomic mass is 10.1. The van der Waals surface area contributed by atoms with E-state index in [-0.39, 0.29) is 16.8 Å². The normalized spacial score (nSPS) is 21.0. The molecule has 7 nitrogen and oxygen atoms in total. The second-order valence-corrected chi connectivity index (χ2v) is 7.36. The van der Waals surface area contributed by atoms with Crippen molar-refractivity contribution in [1.29, 1.82) is 0 Å². The first-order valence-electron chi connectivity index (χ1n) is 7.56. The first-order valence-corrected chi connectivity index (χ1v) is 9.00. The fourth-order valence-electron chi connectivity index (χ4n) is 2.74. The minimum Gasteiger partial charge on any atom is -0.438 e. The Bertz CT molecular complexity index is 627. The molecule has 1 amide bonds. The zero-order chi connectivity index (χ0) is 15.6. The zero-order valence-electron chi connectivity index (χ0n) is 12.4. The van der Waals surface area contributed by atoms with Gasteiger partial charge in [0.05, 0.1) is 13.2 Å². The summed E-state index contributed by atoms with van der Waals surface area (Å²) in [6.07, 6.45) is 3.08. The average molecular weight is 328 g/mol. The lowest BCUT2D eigenvalue weighted by Crippen LogP contribution is -2.40. The summed E-state index contributed by atoms with van der Waals surface area (Å²) in [4.78, 5) is 14.0. The van der Waals surface area contributed by atoms with E-state index in [1.807, 2.05) is 0 Å². The van der Waals surface area contributed by atoms with Crippen LogP contribution in [0.2, 0.25) is 0 Å². The number of likely N-dealkylation sites (tertiary alicyclic amines) is 1. The van der Waals surface area contributed by atoms with Crippen molar-refractivity contribution in [1.82, 2.24) is 9.21 Å². The fraction of sp³-hybridized carbons (Fsp3) is 0.643. The summed E-state index contributed by atoms with van der Waals surface area (Å²) in [6.45, 7) is 2.76. The van der Waals surface area contributed by atoms with Gasteiger partial charge in [0.25, 0.3) is 15.9 Å². The van der Waals surface area contributed by atoms with Gasteiger partial charge < -0.3 is 14.1 Å². The first-order chi connectivity index (χ1) is 10.6. The Hall–Kier alpha value is -1.38. The Labute approximate surface area is 129 Å². The number of ether oxygens (including phenoxy) is 1. The molecule has 22 heavy (non-hydrogen) atoms. The number of hydrogen-bond donors (Lipinski definition) is 0. The third-order valence-electron chi connectivity index (χ3n) is 4.00. The molecule has 0 aromatic carbocycles. The highest BCUT2D eigenvalue weighted by Gasteiger charge is 2.31. The molecule has 8 heteroatoms. The molecule has 3 heterocycles. The topological polar surface area (TPSA) is 80.1 Å². The highest BCUT2D eigenvalue weighted by Crippen LogP contribution is 2.21. The SMILES string of the molecule is O=C(c1ccc(S(=O)(=O)N2CCOCC2)o1)N1CCCCC1. The molecule has 122 valence electrons. The highest BCUT2D eigenvalue weighted by molar-refractivity contribution is 7.89. The van der Waals surface area contributed by atoms with Crippen LogP contribution in [-0.2, 0) is 14.8 Å². The molecule has 1 aromatic heterocycles. The van der Waals surface area contributed by atoms with Crippen molar-refractivity contribution in [2.24, 2.45) is 0 Å². The van der Waals surface area contributed by atoms with Crippen LogP contribution in [0.1, 0.15) is 29.8 Å². The van der Waals surface area contributed by atoms with E-state index in [0.29, 0.717) is 39.4 Å². The van der Waals surface area contributed by atoms with E-state index in [1.165, 1.54) is 16.4 Å². The third kappa shape index (κ3) is 3.04. The fourth-order valence-corrected chi connectivity index (χ4v) is 4.06. The first kappa shape index (κ1) is 15.5. The van der Waals surface area contributed by atoms with Crippen LogP contribution >= 0.6 is 0 Å². The zero-order valence-corrected chi connectivity index (χ0v) is 13.2. The maximum Gasteiger partial charge on any atom is 0.289 e. The third-order valence-corrected chi connectivity index (χ3v) is 5.77. The van der Waals surface area contributed by atoms with Gasteiger partial charge in [-0.15, -0.1) is 0 Å². The molecule has 0 aliphatic carbocycles. The van der Waals surface area contributed by atoms with Crippen molar-refractivity contribution in [2.75, 3.05) is 39.4 Å². The van der Waals surface area contributed by atoms with Crippen LogP contribution in [0, 0.1) is 0 Å². The largest absolute Gasteiger partial charge is 0.438 e. The van der Waals surface area contributed by atoms with Gasteiger partial charge in [-0.1, -0.05) is 0 Å². The van der Waals surface area contributed by atoms with Gasteiger partial charge in [0.1, 0.15) is 0 Å². The van der Waals surface area contributed by atoms with E-state index in [2.05, 4.69) is 0 Å². The van der Waals surface area contributed by atoms with E-state index >= 15 is 0 Å². The number of amides is 1. The van der Waals surface area contributed by atoms with Crippen LogP contribution in [0.5, 0.6) is 0 Å². The van der Waals surface area contributed by atoms with Gasteiger partial charge in [0.15, 0.2) is 5.76 Å². The maximum atomic E-state index is 12.5. The number of rotatable bonds is 3. The Morgan fingerprint density at radius 2 is 1.68 bits per heavy atom. The van der Waals surface area contributed by atoms with E-state index in [1.54, 1.807) is 4.90 Å². The minimum atomic E-state index is -3.69. The van der Waals surface area contributed by atoms with Crippen LogP contribution in [0.3, 0.4) is 0 Å². The molecule has 0 radical (unpaired) electrons. The second-order valence-electron chi connectivity index (χ2n) is 5.49. The lowest BCUT2D eigenvalue weighted by Gasteiger charge is -2.26. The van der Waals surface area contributed by atoms with E-state index < -0.39 is 10.0 Å². The Kier molecular flexibility index (Phi) is 4.51. The lowest BCUT2D eigenvalue weighted by molar-refractivity contribution is 0.0678. The Morgan fingerprint density at radius 1 is 1.00 bits per heavy atom. The van der Waals surface area contributed by atoms with Crippen molar-refractivity contribution < 1.29 is 22.4 Å². The van der Waals surface area contributed by atoms with Gasteiger partial charge in [-0.2, -0.15) is 4.31 Å². The number of hydrogen-bond acceptors (Lipinski definition) is 5. The van der Waals surface area contributed by atoms with Crippen LogP contribution in [0.15, 0.2) is 21.6 Å². The quantitative estimate of drug-likeness (QED) is 0.824. The van der Waals surface area contributed by atoms with Crippen LogP contribution in [0.4, 0.5) is 0 Å². The maximum absolute atomic E-state index is 12.5. The van der Waals surface area contributed by atoms with Crippen molar-refractivity contribution in [3.05, 3.63) is 17.9 Å². The van der Waals surface area contributed by atoms with Gasteiger partial charge >= 0.3 is 0 Å². The minimum absolute atomic E-state index is 0.0914. The highest BCUT2D eigenvalue weighted by atomic mass is 32.2. The molecule has 0 unspecified atom stereocenters. The molecule has 2 aliphatic heterocycles. The van der Waals surface area contributed by atoms with Gasteiger partial charge in [-0.3, -0.25) is 4.79 Å². The van der Waals surface area contributed by atoms with Gasteiger partial charge in [0, 0.05) is 26.2 Å². The van der Waals surface area contributed by atoms with Crippen LogP contribution in [-0.4, -0.2) is 62.9 Å². The number of morpholine rings is 1. The summed E-state index contributed by atoms with van der Waals surface area (Å²) in [5, 5.41) is -0.172. The molecule has 0 saturated carbocycles. The molecule has 0 spiro atoms. The molecule has 1 aromatic rings. The van der Waals surface area contributed by atoms with Gasteiger partial charge in [-0.05, 0) is 31.4 Å².